The molecule has 1 heterocycles. The number of aromatic nitrogens is 2. The van der Waals surface area contributed by atoms with Gasteiger partial charge < -0.3 is 10.1 Å². The highest BCUT2D eigenvalue weighted by molar-refractivity contribution is 6.05. The van der Waals surface area contributed by atoms with Crippen LogP contribution in [0.25, 0.3) is 5.69 Å². The number of esters is 1. The molecule has 0 radical (unpaired) electrons. The van der Waals surface area contributed by atoms with Crippen molar-refractivity contribution in [1.29, 1.82) is 0 Å². The van der Waals surface area contributed by atoms with Crippen molar-refractivity contribution in [3.05, 3.63) is 76.9 Å². The molecule has 3 aromatic rings. The third kappa shape index (κ3) is 4.05. The number of methoxy groups -OCH3 is 1. The second-order valence-electron chi connectivity index (χ2n) is 6.74. The SMILES string of the molecule is COC(=O)c1cc(NC(=O)c2cnn(-c3ccc(F)cc3)c2C(C)C)c(F)cc1F. The van der Waals surface area contributed by atoms with Gasteiger partial charge in [-0.25, -0.2) is 22.6 Å². The van der Waals surface area contributed by atoms with Gasteiger partial charge in [0.05, 0.1) is 41.5 Å². The Balaban J connectivity index is 1.98. The van der Waals surface area contributed by atoms with Crippen LogP contribution < -0.4 is 5.32 Å². The molecule has 2 aromatic carbocycles. The van der Waals surface area contributed by atoms with Crippen LogP contribution >= 0.6 is 0 Å². The fraction of sp³-hybridized carbons (Fsp3) is 0.190. The van der Waals surface area contributed by atoms with Crippen molar-refractivity contribution in [2.24, 2.45) is 0 Å². The Morgan fingerprint density at radius 2 is 1.70 bits per heavy atom. The Labute approximate surface area is 170 Å². The molecule has 30 heavy (non-hydrogen) atoms. The number of hydrogen-bond donors (Lipinski definition) is 1. The van der Waals surface area contributed by atoms with Gasteiger partial charge in [-0.2, -0.15) is 5.10 Å². The van der Waals surface area contributed by atoms with Gasteiger partial charge >= 0.3 is 5.97 Å². The van der Waals surface area contributed by atoms with Gasteiger partial charge in [-0.05, 0) is 36.2 Å². The van der Waals surface area contributed by atoms with E-state index in [1.54, 1.807) is 0 Å². The van der Waals surface area contributed by atoms with E-state index in [0.29, 0.717) is 17.4 Å². The van der Waals surface area contributed by atoms with Crippen LogP contribution in [0, 0.1) is 17.5 Å². The van der Waals surface area contributed by atoms with Crippen LogP contribution in [0.2, 0.25) is 0 Å². The van der Waals surface area contributed by atoms with E-state index in [1.807, 2.05) is 13.8 Å². The highest BCUT2D eigenvalue weighted by atomic mass is 19.1. The lowest BCUT2D eigenvalue weighted by molar-refractivity contribution is 0.0595. The average Bonchev–Trinajstić information content (AvgIpc) is 3.15. The van der Waals surface area contributed by atoms with E-state index < -0.39 is 34.9 Å². The number of amides is 1. The summed E-state index contributed by atoms with van der Waals surface area (Å²) in [6.07, 6.45) is 1.30. The average molecular weight is 417 g/mol. The number of anilines is 1. The van der Waals surface area contributed by atoms with Crippen LogP contribution in [-0.2, 0) is 4.74 Å². The van der Waals surface area contributed by atoms with Crippen LogP contribution in [0.15, 0.2) is 42.6 Å². The van der Waals surface area contributed by atoms with Gasteiger partial charge in [0.2, 0.25) is 0 Å². The molecule has 1 aromatic heterocycles. The minimum Gasteiger partial charge on any atom is -0.465 e. The maximum Gasteiger partial charge on any atom is 0.340 e. The molecule has 0 saturated heterocycles. The van der Waals surface area contributed by atoms with Gasteiger partial charge in [0.1, 0.15) is 17.5 Å². The second-order valence-corrected chi connectivity index (χ2v) is 6.74. The molecule has 156 valence electrons. The molecule has 0 fully saturated rings. The van der Waals surface area contributed by atoms with E-state index in [1.165, 1.54) is 35.1 Å². The second kappa shape index (κ2) is 8.40. The quantitative estimate of drug-likeness (QED) is 0.623. The van der Waals surface area contributed by atoms with Gasteiger partial charge in [-0.1, -0.05) is 13.8 Å². The summed E-state index contributed by atoms with van der Waals surface area (Å²) in [5.41, 5.74) is 0.305. The van der Waals surface area contributed by atoms with E-state index in [0.717, 1.165) is 13.2 Å². The number of nitrogens with one attached hydrogen (secondary N) is 1. The van der Waals surface area contributed by atoms with Gasteiger partial charge in [-0.3, -0.25) is 4.79 Å². The highest BCUT2D eigenvalue weighted by Gasteiger charge is 2.23. The molecule has 0 spiro atoms. The van der Waals surface area contributed by atoms with E-state index in [9.17, 15) is 22.8 Å². The lowest BCUT2D eigenvalue weighted by Crippen LogP contribution is -2.17. The molecule has 1 amide bonds. The molecule has 6 nitrogen and oxygen atoms in total. The summed E-state index contributed by atoms with van der Waals surface area (Å²) < 4.78 is 47.2. The lowest BCUT2D eigenvalue weighted by atomic mass is 10.0. The molecule has 1 N–H and O–H groups in total. The third-order valence-corrected chi connectivity index (χ3v) is 4.38. The molecular weight excluding hydrogens is 399 g/mol. The minimum atomic E-state index is -1.11. The predicted octanol–water partition coefficient (Wildman–Crippen LogP) is 4.45. The van der Waals surface area contributed by atoms with Gasteiger partial charge in [0, 0.05) is 6.07 Å². The van der Waals surface area contributed by atoms with E-state index in [4.69, 9.17) is 0 Å². The number of ether oxygens (including phenoxy) is 1. The number of carbonyl (C=O) groups is 2. The summed E-state index contributed by atoms with van der Waals surface area (Å²) in [6.45, 7) is 3.67. The largest absolute Gasteiger partial charge is 0.465 e. The molecule has 3 rings (SSSR count). The summed E-state index contributed by atoms with van der Waals surface area (Å²) in [7, 11) is 1.06. The standard InChI is InChI=1S/C21H18F3N3O3/c1-11(2)19-15(10-25-27(19)13-6-4-12(22)5-7-13)20(28)26-18-8-14(21(29)30-3)16(23)9-17(18)24/h4-11H,1-3H3,(H,26,28). The summed E-state index contributed by atoms with van der Waals surface area (Å²) in [5.74, 6) is -4.44. The van der Waals surface area contributed by atoms with Crippen molar-refractivity contribution < 1.29 is 27.5 Å². The van der Waals surface area contributed by atoms with Crippen molar-refractivity contribution in [2.45, 2.75) is 19.8 Å². The summed E-state index contributed by atoms with van der Waals surface area (Å²) in [6, 6.07) is 6.92. The Morgan fingerprint density at radius 3 is 2.30 bits per heavy atom. The van der Waals surface area contributed by atoms with Gasteiger partial charge in [0.25, 0.3) is 5.91 Å². The Bertz CT molecular complexity index is 1110. The molecule has 0 bridgehead atoms. The topological polar surface area (TPSA) is 73.2 Å². The molecule has 9 heteroatoms. The molecular formula is C21H18F3N3O3. The Hall–Kier alpha value is -3.62. The molecule has 0 saturated carbocycles. The Kier molecular flexibility index (Phi) is 5.91. The smallest absolute Gasteiger partial charge is 0.340 e. The number of benzene rings is 2. The van der Waals surface area contributed by atoms with Crippen LogP contribution in [0.3, 0.4) is 0 Å². The van der Waals surface area contributed by atoms with Gasteiger partial charge in [0.15, 0.2) is 0 Å². The summed E-state index contributed by atoms with van der Waals surface area (Å²) in [5, 5.41) is 6.54. The predicted molar refractivity (Wildman–Crippen MR) is 103 cm³/mol. The minimum absolute atomic E-state index is 0.151. The highest BCUT2D eigenvalue weighted by Crippen LogP contribution is 2.26. The lowest BCUT2D eigenvalue weighted by Gasteiger charge is -2.13. The molecule has 0 aliphatic rings. The fourth-order valence-corrected chi connectivity index (χ4v) is 2.98. The number of rotatable bonds is 5. The van der Waals surface area contributed by atoms with Crippen molar-refractivity contribution in [3.8, 4) is 5.69 Å². The number of halogens is 3. The molecule has 0 aliphatic carbocycles. The van der Waals surface area contributed by atoms with E-state index in [2.05, 4.69) is 15.2 Å². The maximum atomic E-state index is 14.2. The molecule has 0 unspecified atom stereocenters. The normalized spacial score (nSPS) is 10.9. The first-order chi connectivity index (χ1) is 14.2. The van der Waals surface area contributed by atoms with Crippen LogP contribution in [-0.4, -0.2) is 28.8 Å². The number of hydrogen-bond acceptors (Lipinski definition) is 4. The monoisotopic (exact) mass is 417 g/mol. The van der Waals surface area contributed by atoms with E-state index in [-0.39, 0.29) is 17.2 Å². The van der Waals surface area contributed by atoms with Crippen LogP contribution in [0.5, 0.6) is 0 Å². The van der Waals surface area contributed by atoms with Gasteiger partial charge in [-0.15, -0.1) is 0 Å². The summed E-state index contributed by atoms with van der Waals surface area (Å²) >= 11 is 0. The first kappa shape index (κ1) is 21.1. The Morgan fingerprint density at radius 1 is 1.03 bits per heavy atom. The third-order valence-electron chi connectivity index (χ3n) is 4.38. The van der Waals surface area contributed by atoms with Crippen LogP contribution in [0.4, 0.5) is 18.9 Å². The van der Waals surface area contributed by atoms with Crippen molar-refractivity contribution in [1.82, 2.24) is 9.78 Å². The van der Waals surface area contributed by atoms with Crippen molar-refractivity contribution in [2.75, 3.05) is 12.4 Å². The zero-order valence-corrected chi connectivity index (χ0v) is 16.4. The molecule has 0 atom stereocenters. The zero-order chi connectivity index (χ0) is 22.0. The van der Waals surface area contributed by atoms with E-state index >= 15 is 0 Å². The van der Waals surface area contributed by atoms with Crippen molar-refractivity contribution >= 4 is 17.6 Å². The first-order valence-corrected chi connectivity index (χ1v) is 8.95. The number of carbonyl (C=O) groups excluding carboxylic acids is 2. The number of nitrogens with zero attached hydrogens (tertiary/aromatic N) is 2. The first-order valence-electron chi connectivity index (χ1n) is 8.95. The maximum absolute atomic E-state index is 14.2. The fourth-order valence-electron chi connectivity index (χ4n) is 2.98. The molecule has 0 aliphatic heterocycles. The van der Waals surface area contributed by atoms with Crippen LogP contribution in [0.1, 0.15) is 46.2 Å². The van der Waals surface area contributed by atoms with Crippen molar-refractivity contribution in [3.63, 3.8) is 0 Å². The zero-order valence-electron chi connectivity index (χ0n) is 16.4. The summed E-state index contributed by atoms with van der Waals surface area (Å²) in [4.78, 5) is 24.5.